The molecule has 0 spiro atoms. The van der Waals surface area contributed by atoms with Crippen molar-refractivity contribution in [1.29, 1.82) is 0 Å². The van der Waals surface area contributed by atoms with Gasteiger partial charge in [0.25, 0.3) is 0 Å². The first kappa shape index (κ1) is 36.6. The largest absolute Gasteiger partial charge is 4.00 e. The van der Waals surface area contributed by atoms with E-state index in [-0.39, 0.29) is 50.6 Å². The van der Waals surface area contributed by atoms with E-state index >= 15 is 0 Å². The van der Waals surface area contributed by atoms with Crippen molar-refractivity contribution in [3.05, 3.63) is 0 Å². The average molecular weight is 440 g/mol. The Morgan fingerprint density at radius 2 is 0.560 bits per heavy atom. The first-order valence-electron chi connectivity index (χ1n) is 9.71. The average Bonchev–Trinajstić information content (AvgIpc) is 2.39. The molecule has 0 rings (SSSR count). The maximum atomic E-state index is 10.1. The molecule has 0 saturated carbocycles. The van der Waals surface area contributed by atoms with E-state index in [1.807, 2.05) is 27.7 Å². The minimum absolute atomic E-state index is 0. The molecular weight excluding hydrogens is 395 g/mol. The molecule has 0 aromatic carbocycles. The van der Waals surface area contributed by atoms with Crippen LogP contribution in [0.1, 0.15) is 107 Å². The molecule has 0 aliphatic carbocycles. The van der Waals surface area contributed by atoms with Gasteiger partial charge in [0.1, 0.15) is 0 Å². The summed E-state index contributed by atoms with van der Waals surface area (Å²) in [5.74, 6) is 0. The minimum atomic E-state index is -0.352. The van der Waals surface area contributed by atoms with Crippen LogP contribution in [0.2, 0.25) is 0 Å². The van der Waals surface area contributed by atoms with Crippen molar-refractivity contribution < 1.29 is 46.6 Å². The van der Waals surface area contributed by atoms with Crippen LogP contribution in [0, 0.1) is 0 Å². The van der Waals surface area contributed by atoms with Gasteiger partial charge in [0.05, 0.1) is 0 Å². The first-order valence-corrected chi connectivity index (χ1v) is 9.71. The maximum absolute atomic E-state index is 10.1. The summed E-state index contributed by atoms with van der Waals surface area (Å²) >= 11 is 0. The zero-order chi connectivity index (χ0) is 20.0. The molecule has 0 saturated heterocycles. The van der Waals surface area contributed by atoms with Gasteiger partial charge in [-0.25, -0.2) is 0 Å². The molecule has 0 N–H and O–H groups in total. The minimum Gasteiger partial charge on any atom is -0.852 e. The van der Waals surface area contributed by atoms with Gasteiger partial charge in [0.2, 0.25) is 0 Å². The van der Waals surface area contributed by atoms with Gasteiger partial charge < -0.3 is 20.4 Å². The summed E-state index contributed by atoms with van der Waals surface area (Å²) in [6, 6.07) is 0. The Morgan fingerprint density at radius 1 is 0.440 bits per heavy atom. The Morgan fingerprint density at radius 3 is 0.560 bits per heavy atom. The Hall–Kier alpha value is 0.723. The standard InChI is InChI=1S/4C5H11O.Zr/c4*1-3-4-5(2)6;/h4*5H,3-4H2,1-2H3;/q4*-1;+4. The molecule has 0 aliphatic heterocycles. The molecule has 0 radical (unpaired) electrons. The van der Waals surface area contributed by atoms with Crippen molar-refractivity contribution in [2.75, 3.05) is 0 Å². The Labute approximate surface area is 177 Å². The quantitative estimate of drug-likeness (QED) is 0.579. The van der Waals surface area contributed by atoms with Crippen molar-refractivity contribution >= 4 is 0 Å². The second-order valence-corrected chi connectivity index (χ2v) is 6.40. The Balaban J connectivity index is -0.0000000702. The summed E-state index contributed by atoms with van der Waals surface area (Å²) in [7, 11) is 0. The molecule has 0 aromatic rings. The molecule has 4 unspecified atom stereocenters. The second kappa shape index (κ2) is 32.4. The molecule has 0 aromatic heterocycles. The predicted molar refractivity (Wildman–Crippen MR) is 97.5 cm³/mol. The summed E-state index contributed by atoms with van der Waals surface area (Å²) in [6.45, 7) is 14.9. The summed E-state index contributed by atoms with van der Waals surface area (Å²) in [4.78, 5) is 0. The monoisotopic (exact) mass is 438 g/mol. The van der Waals surface area contributed by atoms with Crippen LogP contribution in [-0.4, -0.2) is 24.4 Å². The van der Waals surface area contributed by atoms with Crippen LogP contribution in [-0.2, 0) is 26.2 Å². The Bertz CT molecular complexity index is 147. The number of rotatable bonds is 8. The number of hydrogen-bond donors (Lipinski definition) is 0. The summed E-state index contributed by atoms with van der Waals surface area (Å²) in [5, 5.41) is 40.5. The van der Waals surface area contributed by atoms with Crippen molar-refractivity contribution in [1.82, 2.24) is 0 Å². The fraction of sp³-hybridized carbons (Fsp3) is 1.00. The van der Waals surface area contributed by atoms with Crippen LogP contribution >= 0.6 is 0 Å². The third-order valence-electron chi connectivity index (χ3n) is 2.78. The van der Waals surface area contributed by atoms with Gasteiger partial charge in [0, 0.05) is 0 Å². The third-order valence-corrected chi connectivity index (χ3v) is 2.78. The fourth-order valence-corrected chi connectivity index (χ4v) is 1.63. The molecule has 152 valence electrons. The van der Waals surface area contributed by atoms with E-state index in [1.54, 1.807) is 27.7 Å². The van der Waals surface area contributed by atoms with E-state index in [1.165, 1.54) is 0 Å². The van der Waals surface area contributed by atoms with E-state index in [4.69, 9.17) is 0 Å². The van der Waals surface area contributed by atoms with Crippen LogP contribution in [0.15, 0.2) is 0 Å². The van der Waals surface area contributed by atoms with Crippen LogP contribution in [0.25, 0.3) is 0 Å². The van der Waals surface area contributed by atoms with Crippen LogP contribution in [0.4, 0.5) is 0 Å². The molecule has 25 heavy (non-hydrogen) atoms. The molecule has 0 aliphatic rings. The third kappa shape index (κ3) is 78.9. The number of hydrogen-bond acceptors (Lipinski definition) is 4. The molecular formula is C20H44O4Zr. The predicted octanol–water partition coefficient (Wildman–Crippen LogP) is 2.14. The molecule has 0 bridgehead atoms. The maximum Gasteiger partial charge on any atom is 4.00 e. The second-order valence-electron chi connectivity index (χ2n) is 6.40. The summed E-state index contributed by atoms with van der Waals surface area (Å²) < 4.78 is 0. The van der Waals surface area contributed by atoms with Gasteiger partial charge in [-0.3, -0.25) is 0 Å². The molecule has 4 nitrogen and oxygen atoms in total. The van der Waals surface area contributed by atoms with Crippen LogP contribution in [0.3, 0.4) is 0 Å². The normalized spacial score (nSPS) is 13.9. The van der Waals surface area contributed by atoms with E-state index < -0.39 is 0 Å². The zero-order valence-electron chi connectivity index (χ0n) is 18.1. The van der Waals surface area contributed by atoms with Crippen LogP contribution < -0.4 is 20.4 Å². The van der Waals surface area contributed by atoms with E-state index in [0.717, 1.165) is 51.4 Å². The van der Waals surface area contributed by atoms with E-state index in [2.05, 4.69) is 0 Å². The molecule has 0 fully saturated rings. The van der Waals surface area contributed by atoms with Gasteiger partial charge >= 0.3 is 26.2 Å². The molecule has 4 atom stereocenters. The van der Waals surface area contributed by atoms with Gasteiger partial charge in [0.15, 0.2) is 0 Å². The smallest absolute Gasteiger partial charge is 0.852 e. The van der Waals surface area contributed by atoms with Crippen molar-refractivity contribution in [2.45, 2.75) is 131 Å². The topological polar surface area (TPSA) is 92.2 Å². The van der Waals surface area contributed by atoms with Gasteiger partial charge in [-0.15, -0.1) is 24.4 Å². The van der Waals surface area contributed by atoms with Crippen molar-refractivity contribution in [3.8, 4) is 0 Å². The molecule has 5 heteroatoms. The van der Waals surface area contributed by atoms with Crippen LogP contribution in [0.5, 0.6) is 0 Å². The van der Waals surface area contributed by atoms with E-state index in [0.29, 0.717) is 0 Å². The van der Waals surface area contributed by atoms with Gasteiger partial charge in [-0.2, -0.15) is 0 Å². The SMILES string of the molecule is CCCC(C)[O-].CCCC(C)[O-].CCCC(C)[O-].CCCC(C)[O-].[Zr+4]. The molecule has 0 heterocycles. The first-order chi connectivity index (χ1) is 11.1. The van der Waals surface area contributed by atoms with Gasteiger partial charge in [-0.1, -0.05) is 107 Å². The van der Waals surface area contributed by atoms with Crippen molar-refractivity contribution in [3.63, 3.8) is 0 Å². The summed E-state index contributed by atoms with van der Waals surface area (Å²) in [6.07, 6.45) is 5.94. The van der Waals surface area contributed by atoms with Crippen molar-refractivity contribution in [2.24, 2.45) is 0 Å². The van der Waals surface area contributed by atoms with E-state index in [9.17, 15) is 20.4 Å². The van der Waals surface area contributed by atoms with Gasteiger partial charge in [-0.05, 0) is 0 Å². The Kier molecular flexibility index (Phi) is 47.4. The zero-order valence-corrected chi connectivity index (χ0v) is 20.6. The molecule has 0 amide bonds. The fourth-order valence-electron chi connectivity index (χ4n) is 1.63. The summed E-state index contributed by atoms with van der Waals surface area (Å²) in [5.41, 5.74) is 0.